The predicted octanol–water partition coefficient (Wildman–Crippen LogP) is 5.40. The number of likely N-dealkylation sites (N-methyl/N-ethyl adjacent to an activating group) is 1. The van der Waals surface area contributed by atoms with Crippen LogP contribution in [0.3, 0.4) is 0 Å². The molecule has 2 heterocycles. The van der Waals surface area contributed by atoms with Crippen molar-refractivity contribution in [1.29, 1.82) is 0 Å². The van der Waals surface area contributed by atoms with E-state index in [9.17, 15) is 4.79 Å². The number of carbonyl (C=O) groups is 1. The lowest BCUT2D eigenvalue weighted by Crippen LogP contribution is -2.53. The van der Waals surface area contributed by atoms with Gasteiger partial charge in [0, 0.05) is 18.4 Å². The zero-order chi connectivity index (χ0) is 25.5. The molecule has 0 aromatic carbocycles. The smallest absolute Gasteiger partial charge is 0.234 e. The summed E-state index contributed by atoms with van der Waals surface area (Å²) in [5.41, 5.74) is 2.32. The minimum Gasteiger partial charge on any atom is -0.352 e. The lowest BCUT2D eigenvalue weighted by molar-refractivity contribution is -0.272. The number of amides is 1. The number of hydrogen-bond donors (Lipinski definition) is 1. The number of allylic oxidation sites excluding steroid dienone is 1. The van der Waals surface area contributed by atoms with Gasteiger partial charge in [-0.2, -0.15) is 0 Å². The minimum absolute atomic E-state index is 0.164. The monoisotopic (exact) mass is 498 g/mol. The molecule has 6 aliphatic rings. The molecule has 0 bridgehead atoms. The van der Waals surface area contributed by atoms with E-state index in [0.29, 0.717) is 47.3 Å². The van der Waals surface area contributed by atoms with Gasteiger partial charge in [-0.3, -0.25) is 4.79 Å². The molecule has 5 nitrogen and oxygen atoms in total. The molecular formula is C31H50N2O3. The molecule has 5 fully saturated rings. The van der Waals surface area contributed by atoms with Crippen molar-refractivity contribution in [2.45, 2.75) is 103 Å². The highest BCUT2D eigenvalue weighted by Crippen LogP contribution is 2.70. The standard InChI is InChI=1S/C31H50N2O3/c1-19-9-14-31(35-18-19)20(2)28-26(36-31)16-25-23-8-7-21-15-22(32-27(34)17-33(5)6)10-12-29(21,3)24(23)11-13-30(25,28)4/h7,19-20,22-26,28H,8-18H2,1-6H3,(H,32,34)/t19-,20+,22?,23-,24+,25+,26+,28+,29+,30+,31-/m1/s1. The minimum atomic E-state index is -0.312. The lowest BCUT2D eigenvalue weighted by atomic mass is 9.46. The number of carbonyl (C=O) groups excluding carboxylic acids is 1. The summed E-state index contributed by atoms with van der Waals surface area (Å²) in [4.78, 5) is 14.4. The topological polar surface area (TPSA) is 50.8 Å². The van der Waals surface area contributed by atoms with Crippen LogP contribution in [0.2, 0.25) is 0 Å². The molecule has 1 unspecified atom stereocenters. The third-order valence-electron chi connectivity index (χ3n) is 12.2. The first-order valence-electron chi connectivity index (χ1n) is 15.0. The van der Waals surface area contributed by atoms with E-state index in [0.717, 1.165) is 43.6 Å². The molecule has 1 amide bonds. The Labute approximate surface area is 219 Å². The molecular weight excluding hydrogens is 448 g/mol. The second-order valence-corrected chi connectivity index (χ2v) is 14.5. The Morgan fingerprint density at radius 1 is 1.11 bits per heavy atom. The Kier molecular flexibility index (Phi) is 6.21. The number of fused-ring (bicyclic) bond motifs is 7. The van der Waals surface area contributed by atoms with Crippen LogP contribution in [-0.4, -0.2) is 56.0 Å². The zero-order valence-corrected chi connectivity index (χ0v) is 23.6. The molecule has 2 saturated heterocycles. The average Bonchev–Trinajstić information content (AvgIpc) is 3.26. The molecule has 11 atom stereocenters. The van der Waals surface area contributed by atoms with E-state index in [1.165, 1.54) is 38.5 Å². The van der Waals surface area contributed by atoms with Crippen LogP contribution in [0.4, 0.5) is 0 Å². The number of nitrogens with one attached hydrogen (secondary N) is 1. The van der Waals surface area contributed by atoms with Gasteiger partial charge in [0.15, 0.2) is 5.79 Å². The SMILES string of the molecule is C[C@@H]1CC[C@@]2(OC1)O[C@H]1C[C@H]3[C@@H]4CC=C5CC(NC(=O)CN(C)C)CC[C@]5(C)[C@H]4CC[C@]3(C)[C@H]1[C@@H]2C. The van der Waals surface area contributed by atoms with Gasteiger partial charge in [0.25, 0.3) is 0 Å². The molecule has 3 saturated carbocycles. The maximum absolute atomic E-state index is 12.4. The van der Waals surface area contributed by atoms with Crippen LogP contribution in [-0.2, 0) is 14.3 Å². The van der Waals surface area contributed by atoms with E-state index in [2.05, 4.69) is 39.1 Å². The summed E-state index contributed by atoms with van der Waals surface area (Å²) >= 11 is 0. The van der Waals surface area contributed by atoms with Gasteiger partial charge in [-0.05, 0) is 106 Å². The summed E-state index contributed by atoms with van der Waals surface area (Å²) in [6, 6.07) is 0.302. The van der Waals surface area contributed by atoms with Crippen LogP contribution in [0, 0.1) is 46.3 Å². The maximum atomic E-state index is 12.4. The Balaban J connectivity index is 1.18. The molecule has 1 spiro atoms. The summed E-state index contributed by atoms with van der Waals surface area (Å²) in [5, 5.41) is 3.33. The van der Waals surface area contributed by atoms with Crippen LogP contribution in [0.5, 0.6) is 0 Å². The molecule has 4 aliphatic carbocycles. The predicted molar refractivity (Wildman–Crippen MR) is 142 cm³/mol. The molecule has 0 aromatic heterocycles. The molecule has 0 aromatic rings. The molecule has 0 radical (unpaired) electrons. The van der Waals surface area contributed by atoms with Gasteiger partial charge >= 0.3 is 0 Å². The van der Waals surface area contributed by atoms with Crippen LogP contribution < -0.4 is 5.32 Å². The Morgan fingerprint density at radius 3 is 2.64 bits per heavy atom. The summed E-state index contributed by atoms with van der Waals surface area (Å²) in [6.07, 6.45) is 13.8. The molecule has 6 rings (SSSR count). The van der Waals surface area contributed by atoms with Crippen molar-refractivity contribution in [3.8, 4) is 0 Å². The van der Waals surface area contributed by atoms with Crippen molar-refractivity contribution < 1.29 is 14.3 Å². The third kappa shape index (κ3) is 3.77. The fourth-order valence-electron chi connectivity index (χ4n) is 10.4. The Morgan fingerprint density at radius 2 is 1.92 bits per heavy atom. The summed E-state index contributed by atoms with van der Waals surface area (Å²) < 4.78 is 13.4. The van der Waals surface area contributed by atoms with Gasteiger partial charge in [-0.1, -0.05) is 39.3 Å². The quantitative estimate of drug-likeness (QED) is 0.530. The average molecular weight is 499 g/mol. The van der Waals surface area contributed by atoms with Crippen molar-refractivity contribution in [3.05, 3.63) is 11.6 Å². The van der Waals surface area contributed by atoms with Crippen molar-refractivity contribution in [2.75, 3.05) is 27.2 Å². The first kappa shape index (κ1) is 25.4. The largest absolute Gasteiger partial charge is 0.352 e. The second kappa shape index (κ2) is 8.81. The van der Waals surface area contributed by atoms with Crippen LogP contribution in [0.25, 0.3) is 0 Å². The van der Waals surface area contributed by atoms with Gasteiger partial charge in [-0.25, -0.2) is 0 Å². The molecule has 202 valence electrons. The lowest BCUT2D eigenvalue weighted by Gasteiger charge is -2.58. The Hall–Kier alpha value is -0.910. The fourth-order valence-corrected chi connectivity index (χ4v) is 10.4. The number of ether oxygens (including phenoxy) is 2. The van der Waals surface area contributed by atoms with Crippen molar-refractivity contribution >= 4 is 5.91 Å². The van der Waals surface area contributed by atoms with Crippen molar-refractivity contribution in [3.63, 3.8) is 0 Å². The summed E-state index contributed by atoms with van der Waals surface area (Å²) in [5.74, 6) is 3.97. The van der Waals surface area contributed by atoms with E-state index in [-0.39, 0.29) is 11.7 Å². The van der Waals surface area contributed by atoms with E-state index in [1.54, 1.807) is 5.57 Å². The first-order chi connectivity index (χ1) is 17.1. The van der Waals surface area contributed by atoms with E-state index in [1.807, 2.05) is 19.0 Å². The number of hydrogen-bond acceptors (Lipinski definition) is 4. The highest BCUT2D eigenvalue weighted by molar-refractivity contribution is 5.78. The third-order valence-corrected chi connectivity index (χ3v) is 12.2. The first-order valence-corrected chi connectivity index (χ1v) is 15.0. The molecule has 5 heteroatoms. The highest BCUT2D eigenvalue weighted by Gasteiger charge is 2.68. The molecule has 36 heavy (non-hydrogen) atoms. The van der Waals surface area contributed by atoms with Crippen LogP contribution >= 0.6 is 0 Å². The normalized spacial score (nSPS) is 51.8. The van der Waals surface area contributed by atoms with Crippen molar-refractivity contribution in [2.24, 2.45) is 46.3 Å². The number of nitrogens with zero attached hydrogens (tertiary/aromatic N) is 1. The molecule has 1 N–H and O–H groups in total. The maximum Gasteiger partial charge on any atom is 0.234 e. The van der Waals surface area contributed by atoms with Gasteiger partial charge in [0.2, 0.25) is 5.91 Å². The van der Waals surface area contributed by atoms with Gasteiger partial charge in [0.05, 0.1) is 19.3 Å². The number of rotatable bonds is 3. The highest BCUT2D eigenvalue weighted by atomic mass is 16.7. The zero-order valence-electron chi connectivity index (χ0n) is 23.6. The van der Waals surface area contributed by atoms with Crippen molar-refractivity contribution in [1.82, 2.24) is 10.2 Å². The summed E-state index contributed by atoms with van der Waals surface area (Å²) in [7, 11) is 3.92. The second-order valence-electron chi connectivity index (χ2n) is 14.5. The van der Waals surface area contributed by atoms with Gasteiger partial charge in [0.1, 0.15) is 0 Å². The van der Waals surface area contributed by atoms with E-state index in [4.69, 9.17) is 9.47 Å². The Bertz CT molecular complexity index is 907. The van der Waals surface area contributed by atoms with Crippen LogP contribution in [0.15, 0.2) is 11.6 Å². The molecule has 2 aliphatic heterocycles. The van der Waals surface area contributed by atoms with Gasteiger partial charge < -0.3 is 19.7 Å². The fraction of sp³-hybridized carbons (Fsp3) is 0.903. The van der Waals surface area contributed by atoms with E-state index < -0.39 is 0 Å². The van der Waals surface area contributed by atoms with Gasteiger partial charge in [-0.15, -0.1) is 0 Å². The van der Waals surface area contributed by atoms with Crippen LogP contribution in [0.1, 0.15) is 85.5 Å². The summed E-state index contributed by atoms with van der Waals surface area (Å²) in [6.45, 7) is 11.3. The van der Waals surface area contributed by atoms with E-state index >= 15 is 0 Å².